The fraction of sp³-hybridized carbons (Fsp3) is 0.227. The van der Waals surface area contributed by atoms with Gasteiger partial charge in [-0.05, 0) is 45.0 Å². The third-order valence-electron chi connectivity index (χ3n) is 4.94. The fourth-order valence-electron chi connectivity index (χ4n) is 3.26. The molecule has 0 saturated heterocycles. The normalized spacial score (nSPS) is 11.0. The Balaban J connectivity index is 1.44. The third kappa shape index (κ3) is 4.36. The van der Waals surface area contributed by atoms with Crippen LogP contribution < -0.4 is 5.32 Å². The molecule has 1 N–H and O–H groups in total. The van der Waals surface area contributed by atoms with E-state index >= 15 is 0 Å². The molecule has 0 fully saturated rings. The van der Waals surface area contributed by atoms with E-state index in [1.807, 2.05) is 73.5 Å². The van der Waals surface area contributed by atoms with Crippen molar-refractivity contribution in [2.75, 3.05) is 11.1 Å². The number of thioether (sulfide) groups is 1. The average Bonchev–Trinajstić information content (AvgIpc) is 3.28. The van der Waals surface area contributed by atoms with Crippen molar-refractivity contribution in [3.05, 3.63) is 65.7 Å². The largest absolute Gasteiger partial charge is 0.322 e. The Morgan fingerprint density at radius 2 is 1.74 bits per heavy atom. The second kappa shape index (κ2) is 8.73. The highest BCUT2D eigenvalue weighted by Crippen LogP contribution is 2.25. The SMILES string of the molecule is Cc1ccc(-n2nc(C)c(NC(=O)CSc3nnc(-c4ccncc4)n3C)c2C)cc1. The number of rotatable bonds is 6. The van der Waals surface area contributed by atoms with Crippen LogP contribution in [0.4, 0.5) is 5.69 Å². The van der Waals surface area contributed by atoms with Crippen LogP contribution in [0.5, 0.6) is 0 Å². The molecule has 0 aliphatic heterocycles. The number of nitrogens with one attached hydrogen (secondary N) is 1. The lowest BCUT2D eigenvalue weighted by Gasteiger charge is -2.08. The first-order valence-corrected chi connectivity index (χ1v) is 10.8. The number of pyridine rings is 1. The molecule has 9 heteroatoms. The average molecular weight is 434 g/mol. The van der Waals surface area contributed by atoms with Gasteiger partial charge < -0.3 is 9.88 Å². The number of aryl methyl sites for hydroxylation is 2. The molecule has 8 nitrogen and oxygen atoms in total. The second-order valence-corrected chi connectivity index (χ2v) is 8.17. The summed E-state index contributed by atoms with van der Waals surface area (Å²) in [6.45, 7) is 5.89. The van der Waals surface area contributed by atoms with Crippen molar-refractivity contribution in [1.29, 1.82) is 0 Å². The summed E-state index contributed by atoms with van der Waals surface area (Å²) in [6.07, 6.45) is 3.43. The van der Waals surface area contributed by atoms with E-state index in [2.05, 4.69) is 25.6 Å². The first kappa shape index (κ1) is 20.8. The van der Waals surface area contributed by atoms with Crippen LogP contribution in [-0.2, 0) is 11.8 Å². The molecule has 31 heavy (non-hydrogen) atoms. The van der Waals surface area contributed by atoms with Crippen LogP contribution in [0.1, 0.15) is 17.0 Å². The van der Waals surface area contributed by atoms with Crippen molar-refractivity contribution >= 4 is 23.4 Å². The lowest BCUT2D eigenvalue weighted by atomic mass is 10.2. The van der Waals surface area contributed by atoms with Gasteiger partial charge in [0.05, 0.1) is 28.5 Å². The van der Waals surface area contributed by atoms with Crippen LogP contribution in [0, 0.1) is 20.8 Å². The summed E-state index contributed by atoms with van der Waals surface area (Å²) < 4.78 is 3.72. The predicted molar refractivity (Wildman–Crippen MR) is 121 cm³/mol. The predicted octanol–water partition coefficient (Wildman–Crippen LogP) is 3.72. The van der Waals surface area contributed by atoms with E-state index in [1.54, 1.807) is 12.4 Å². The van der Waals surface area contributed by atoms with Crippen LogP contribution in [-0.4, -0.2) is 41.2 Å². The maximum absolute atomic E-state index is 12.6. The number of carbonyl (C=O) groups excluding carboxylic acids is 1. The van der Waals surface area contributed by atoms with Crippen molar-refractivity contribution in [3.8, 4) is 17.1 Å². The Labute approximate surface area is 184 Å². The maximum atomic E-state index is 12.6. The molecule has 3 aromatic heterocycles. The molecule has 0 unspecified atom stereocenters. The molecule has 0 saturated carbocycles. The van der Waals surface area contributed by atoms with Gasteiger partial charge in [-0.1, -0.05) is 29.5 Å². The molecule has 0 aliphatic carbocycles. The minimum absolute atomic E-state index is 0.117. The number of hydrogen-bond donors (Lipinski definition) is 1. The zero-order valence-corrected chi connectivity index (χ0v) is 18.6. The Morgan fingerprint density at radius 1 is 1.03 bits per heavy atom. The molecule has 4 rings (SSSR count). The molecule has 0 aliphatic rings. The van der Waals surface area contributed by atoms with E-state index in [0.717, 1.165) is 34.2 Å². The van der Waals surface area contributed by atoms with E-state index in [-0.39, 0.29) is 11.7 Å². The molecule has 3 heterocycles. The summed E-state index contributed by atoms with van der Waals surface area (Å²) >= 11 is 1.34. The lowest BCUT2D eigenvalue weighted by molar-refractivity contribution is -0.113. The Bertz CT molecular complexity index is 1210. The zero-order chi connectivity index (χ0) is 22.0. The number of nitrogens with zero attached hydrogens (tertiary/aromatic N) is 6. The summed E-state index contributed by atoms with van der Waals surface area (Å²) in [4.78, 5) is 16.7. The molecule has 0 radical (unpaired) electrons. The highest BCUT2D eigenvalue weighted by atomic mass is 32.2. The van der Waals surface area contributed by atoms with Crippen LogP contribution in [0.3, 0.4) is 0 Å². The standard InChI is InChI=1S/C22H23N7OS/c1-14-5-7-18(8-6-14)29-16(3)20(15(2)27-29)24-19(30)13-31-22-26-25-21(28(22)4)17-9-11-23-12-10-17/h5-12H,13H2,1-4H3,(H,24,30). The van der Waals surface area contributed by atoms with E-state index in [1.165, 1.54) is 17.3 Å². The number of anilines is 1. The van der Waals surface area contributed by atoms with Crippen LogP contribution in [0.25, 0.3) is 17.1 Å². The number of benzene rings is 1. The maximum Gasteiger partial charge on any atom is 0.234 e. The topological polar surface area (TPSA) is 90.5 Å². The van der Waals surface area contributed by atoms with Gasteiger partial charge in [0.2, 0.25) is 5.91 Å². The zero-order valence-electron chi connectivity index (χ0n) is 17.8. The van der Waals surface area contributed by atoms with Gasteiger partial charge in [-0.25, -0.2) is 4.68 Å². The number of hydrogen-bond acceptors (Lipinski definition) is 6. The molecule has 0 bridgehead atoms. The van der Waals surface area contributed by atoms with Gasteiger partial charge in [0.15, 0.2) is 11.0 Å². The van der Waals surface area contributed by atoms with Gasteiger partial charge in [-0.15, -0.1) is 10.2 Å². The number of amides is 1. The van der Waals surface area contributed by atoms with Crippen molar-refractivity contribution in [2.24, 2.45) is 7.05 Å². The third-order valence-corrected chi connectivity index (χ3v) is 5.96. The lowest BCUT2D eigenvalue weighted by Crippen LogP contribution is -2.15. The molecule has 1 aromatic carbocycles. The van der Waals surface area contributed by atoms with Crippen molar-refractivity contribution in [2.45, 2.75) is 25.9 Å². The van der Waals surface area contributed by atoms with Gasteiger partial charge in [0.1, 0.15) is 0 Å². The van der Waals surface area contributed by atoms with Gasteiger partial charge in [0.25, 0.3) is 0 Å². The number of aromatic nitrogens is 6. The highest BCUT2D eigenvalue weighted by Gasteiger charge is 2.17. The van der Waals surface area contributed by atoms with E-state index in [4.69, 9.17) is 0 Å². The minimum atomic E-state index is -0.117. The fourth-order valence-corrected chi connectivity index (χ4v) is 3.97. The van der Waals surface area contributed by atoms with Crippen LogP contribution in [0.2, 0.25) is 0 Å². The van der Waals surface area contributed by atoms with E-state index in [0.29, 0.717) is 5.16 Å². The summed E-state index contributed by atoms with van der Waals surface area (Å²) in [5.41, 5.74) is 5.47. The molecule has 0 spiro atoms. The molecular weight excluding hydrogens is 410 g/mol. The Morgan fingerprint density at radius 3 is 2.45 bits per heavy atom. The molecule has 4 aromatic rings. The summed E-state index contributed by atoms with van der Waals surface area (Å²) in [7, 11) is 1.88. The molecule has 1 amide bonds. The summed E-state index contributed by atoms with van der Waals surface area (Å²) in [5.74, 6) is 0.834. The van der Waals surface area contributed by atoms with E-state index < -0.39 is 0 Å². The van der Waals surface area contributed by atoms with Gasteiger partial charge >= 0.3 is 0 Å². The minimum Gasteiger partial charge on any atom is -0.322 e. The van der Waals surface area contributed by atoms with Crippen LogP contribution >= 0.6 is 11.8 Å². The monoisotopic (exact) mass is 433 g/mol. The second-order valence-electron chi connectivity index (χ2n) is 7.23. The summed E-state index contributed by atoms with van der Waals surface area (Å²) in [6, 6.07) is 11.9. The Hall–Kier alpha value is -3.46. The molecule has 158 valence electrons. The smallest absolute Gasteiger partial charge is 0.234 e. The van der Waals surface area contributed by atoms with Crippen molar-refractivity contribution in [1.82, 2.24) is 29.5 Å². The van der Waals surface area contributed by atoms with Gasteiger partial charge in [0, 0.05) is 25.0 Å². The first-order chi connectivity index (χ1) is 14.9. The quantitative estimate of drug-likeness (QED) is 0.466. The van der Waals surface area contributed by atoms with Gasteiger partial charge in [-0.2, -0.15) is 5.10 Å². The van der Waals surface area contributed by atoms with Crippen molar-refractivity contribution < 1.29 is 4.79 Å². The molecule has 0 atom stereocenters. The summed E-state index contributed by atoms with van der Waals surface area (Å²) in [5, 5.41) is 16.7. The van der Waals surface area contributed by atoms with Crippen molar-refractivity contribution in [3.63, 3.8) is 0 Å². The molecular formula is C22H23N7OS. The van der Waals surface area contributed by atoms with Gasteiger partial charge in [-0.3, -0.25) is 9.78 Å². The Kier molecular flexibility index (Phi) is 5.85. The highest BCUT2D eigenvalue weighted by molar-refractivity contribution is 7.99. The number of carbonyl (C=O) groups is 1. The first-order valence-electron chi connectivity index (χ1n) is 9.79. The van der Waals surface area contributed by atoms with E-state index in [9.17, 15) is 4.79 Å². The van der Waals surface area contributed by atoms with Crippen LogP contribution in [0.15, 0.2) is 53.9 Å².